The van der Waals surface area contributed by atoms with Gasteiger partial charge in [0.1, 0.15) is 5.75 Å². The van der Waals surface area contributed by atoms with Crippen LogP contribution in [-0.2, 0) is 5.41 Å². The van der Waals surface area contributed by atoms with Crippen molar-refractivity contribution in [2.45, 2.75) is 26.2 Å². The van der Waals surface area contributed by atoms with E-state index in [2.05, 4.69) is 36.9 Å². The monoisotopic (exact) mass is 421 g/mol. The lowest BCUT2D eigenvalue weighted by Crippen LogP contribution is -2.48. The van der Waals surface area contributed by atoms with E-state index in [0.717, 1.165) is 16.3 Å². The summed E-state index contributed by atoms with van der Waals surface area (Å²) in [6, 6.07) is 17.7. The maximum absolute atomic E-state index is 12.4. The van der Waals surface area contributed by atoms with Crippen molar-refractivity contribution in [3.05, 3.63) is 77.4 Å². The van der Waals surface area contributed by atoms with Crippen LogP contribution in [-0.4, -0.2) is 22.0 Å². The quantitative estimate of drug-likeness (QED) is 0.373. The van der Waals surface area contributed by atoms with E-state index in [1.165, 1.54) is 6.07 Å². The molecule has 0 unspecified atom stereocenters. The number of benzene rings is 3. The fourth-order valence-electron chi connectivity index (χ4n) is 2.92. The minimum Gasteiger partial charge on any atom is -0.507 e. The van der Waals surface area contributed by atoms with Gasteiger partial charge in [-0.2, -0.15) is 0 Å². The van der Waals surface area contributed by atoms with E-state index < -0.39 is 11.8 Å². The van der Waals surface area contributed by atoms with E-state index in [-0.39, 0.29) is 21.8 Å². The minimum atomic E-state index is -0.579. The molecule has 0 aliphatic carbocycles. The van der Waals surface area contributed by atoms with Crippen LogP contribution in [0.3, 0.4) is 0 Å². The normalized spacial score (nSPS) is 11.0. The molecule has 6 nitrogen and oxygen atoms in total. The van der Waals surface area contributed by atoms with Gasteiger partial charge in [-0.15, -0.1) is 0 Å². The minimum absolute atomic E-state index is 0.00946. The molecule has 3 aromatic carbocycles. The van der Waals surface area contributed by atoms with Crippen LogP contribution in [0.15, 0.2) is 60.7 Å². The van der Waals surface area contributed by atoms with Crippen LogP contribution in [0.5, 0.6) is 5.75 Å². The first-order valence-corrected chi connectivity index (χ1v) is 9.80. The Hall–Kier alpha value is -3.45. The molecular formula is C23H23N3O3S. The largest absolute Gasteiger partial charge is 0.507 e. The molecule has 0 saturated heterocycles. The molecule has 0 spiro atoms. The zero-order valence-corrected chi connectivity index (χ0v) is 17.8. The van der Waals surface area contributed by atoms with Gasteiger partial charge in [0.25, 0.3) is 11.8 Å². The molecule has 0 atom stereocenters. The lowest BCUT2D eigenvalue weighted by molar-refractivity contribution is 0.0932. The molecule has 0 heterocycles. The van der Waals surface area contributed by atoms with Crippen molar-refractivity contribution in [1.82, 2.24) is 16.2 Å². The summed E-state index contributed by atoms with van der Waals surface area (Å²) in [6.45, 7) is 6.28. The summed E-state index contributed by atoms with van der Waals surface area (Å²) in [5.41, 5.74) is 6.51. The molecule has 0 bridgehead atoms. The third-order valence-corrected chi connectivity index (χ3v) is 4.84. The Bertz CT molecular complexity index is 1120. The van der Waals surface area contributed by atoms with E-state index in [4.69, 9.17) is 12.2 Å². The first-order valence-electron chi connectivity index (χ1n) is 9.39. The second kappa shape index (κ2) is 8.51. The molecule has 3 rings (SSSR count). The van der Waals surface area contributed by atoms with Gasteiger partial charge in [0.2, 0.25) is 0 Å². The molecule has 3 aromatic rings. The molecule has 0 aliphatic rings. The van der Waals surface area contributed by atoms with Gasteiger partial charge < -0.3 is 5.11 Å². The molecule has 7 heteroatoms. The summed E-state index contributed by atoms with van der Waals surface area (Å²) in [4.78, 5) is 24.7. The first-order chi connectivity index (χ1) is 14.1. The predicted octanol–water partition coefficient (Wildman–Crippen LogP) is 3.79. The Morgan fingerprint density at radius 3 is 2.07 bits per heavy atom. The third kappa shape index (κ3) is 4.93. The van der Waals surface area contributed by atoms with Crippen molar-refractivity contribution in [3.8, 4) is 5.75 Å². The second-order valence-electron chi connectivity index (χ2n) is 7.91. The standard InChI is InChI=1S/C23H23N3O3S/c1-23(2,3)17-10-8-14(9-11-17)20(28)24-22(30)26-25-21(29)18-12-15-6-4-5-7-16(15)13-19(18)27/h4-13,27H,1-3H3,(H,25,29)(H2,24,26,28,30). The number of carbonyl (C=O) groups is 2. The van der Waals surface area contributed by atoms with Gasteiger partial charge in [-0.05, 0) is 58.2 Å². The number of nitrogens with one attached hydrogen (secondary N) is 3. The van der Waals surface area contributed by atoms with Gasteiger partial charge in [0, 0.05) is 5.56 Å². The fourth-order valence-corrected chi connectivity index (χ4v) is 3.06. The SMILES string of the molecule is CC(C)(C)c1ccc(C(=O)NC(=S)NNC(=O)c2cc3ccccc3cc2O)cc1. The second-order valence-corrected chi connectivity index (χ2v) is 8.31. The summed E-state index contributed by atoms with van der Waals surface area (Å²) >= 11 is 5.07. The van der Waals surface area contributed by atoms with Crippen molar-refractivity contribution in [2.75, 3.05) is 0 Å². The number of rotatable bonds is 2. The third-order valence-electron chi connectivity index (χ3n) is 4.64. The fraction of sp³-hybridized carbons (Fsp3) is 0.174. The van der Waals surface area contributed by atoms with Gasteiger partial charge >= 0.3 is 0 Å². The Morgan fingerprint density at radius 2 is 1.47 bits per heavy atom. The molecule has 0 aromatic heterocycles. The van der Waals surface area contributed by atoms with Gasteiger partial charge in [-0.1, -0.05) is 57.2 Å². The van der Waals surface area contributed by atoms with Crippen LogP contribution >= 0.6 is 12.2 Å². The van der Waals surface area contributed by atoms with Crippen LogP contribution in [0.25, 0.3) is 10.8 Å². The average molecular weight is 422 g/mol. The van der Waals surface area contributed by atoms with E-state index in [1.807, 2.05) is 36.4 Å². The number of hydrogen-bond acceptors (Lipinski definition) is 4. The van der Waals surface area contributed by atoms with E-state index in [1.54, 1.807) is 18.2 Å². The molecule has 0 fully saturated rings. The Kier molecular flexibility index (Phi) is 6.03. The lowest BCUT2D eigenvalue weighted by Gasteiger charge is -2.19. The zero-order valence-electron chi connectivity index (χ0n) is 16.9. The van der Waals surface area contributed by atoms with Gasteiger partial charge in [-0.25, -0.2) is 0 Å². The van der Waals surface area contributed by atoms with Crippen LogP contribution < -0.4 is 16.2 Å². The zero-order chi connectivity index (χ0) is 21.9. The average Bonchev–Trinajstić information content (AvgIpc) is 2.71. The van der Waals surface area contributed by atoms with Crippen LogP contribution in [0.1, 0.15) is 47.1 Å². The maximum atomic E-state index is 12.4. The molecule has 0 saturated carbocycles. The summed E-state index contributed by atoms with van der Waals surface area (Å²) in [6.07, 6.45) is 0. The molecule has 2 amide bonds. The number of aromatic hydroxyl groups is 1. The molecule has 4 N–H and O–H groups in total. The number of fused-ring (bicyclic) bond motifs is 1. The molecule has 154 valence electrons. The Morgan fingerprint density at radius 1 is 0.867 bits per heavy atom. The summed E-state index contributed by atoms with van der Waals surface area (Å²) in [5, 5.41) is 14.2. The topological polar surface area (TPSA) is 90.5 Å². The van der Waals surface area contributed by atoms with Crippen molar-refractivity contribution in [1.29, 1.82) is 0 Å². The van der Waals surface area contributed by atoms with E-state index >= 15 is 0 Å². The smallest absolute Gasteiger partial charge is 0.273 e. The molecule has 30 heavy (non-hydrogen) atoms. The molecule has 0 radical (unpaired) electrons. The van der Waals surface area contributed by atoms with Crippen molar-refractivity contribution in [3.63, 3.8) is 0 Å². The van der Waals surface area contributed by atoms with E-state index in [9.17, 15) is 14.7 Å². The number of hydrazine groups is 1. The van der Waals surface area contributed by atoms with Crippen molar-refractivity contribution in [2.24, 2.45) is 0 Å². The predicted molar refractivity (Wildman–Crippen MR) is 121 cm³/mol. The van der Waals surface area contributed by atoms with Crippen molar-refractivity contribution >= 4 is 39.9 Å². The van der Waals surface area contributed by atoms with Crippen LogP contribution in [0, 0.1) is 0 Å². The van der Waals surface area contributed by atoms with E-state index in [0.29, 0.717) is 5.56 Å². The number of amides is 2. The van der Waals surface area contributed by atoms with Crippen LogP contribution in [0.4, 0.5) is 0 Å². The highest BCUT2D eigenvalue weighted by Crippen LogP contribution is 2.25. The lowest BCUT2D eigenvalue weighted by atomic mass is 9.87. The summed E-state index contributed by atoms with van der Waals surface area (Å²) < 4.78 is 0. The number of phenolic OH excluding ortho intramolecular Hbond substituents is 1. The molecular weight excluding hydrogens is 398 g/mol. The highest BCUT2D eigenvalue weighted by Gasteiger charge is 2.16. The highest BCUT2D eigenvalue weighted by atomic mass is 32.1. The van der Waals surface area contributed by atoms with Gasteiger partial charge in [-0.3, -0.25) is 25.8 Å². The number of thiocarbonyl (C=S) groups is 1. The van der Waals surface area contributed by atoms with Gasteiger partial charge in [0.05, 0.1) is 5.56 Å². The van der Waals surface area contributed by atoms with Crippen LogP contribution in [0.2, 0.25) is 0 Å². The summed E-state index contributed by atoms with van der Waals surface area (Å²) in [5.74, 6) is -1.12. The number of phenols is 1. The first kappa shape index (κ1) is 21.3. The highest BCUT2D eigenvalue weighted by molar-refractivity contribution is 7.80. The number of carbonyl (C=O) groups excluding carboxylic acids is 2. The van der Waals surface area contributed by atoms with Crippen molar-refractivity contribution < 1.29 is 14.7 Å². The van der Waals surface area contributed by atoms with Gasteiger partial charge in [0.15, 0.2) is 5.11 Å². The Balaban J connectivity index is 1.59. The summed E-state index contributed by atoms with van der Waals surface area (Å²) in [7, 11) is 0. The maximum Gasteiger partial charge on any atom is 0.273 e. The molecule has 0 aliphatic heterocycles. The Labute approximate surface area is 180 Å². The number of hydrogen-bond donors (Lipinski definition) is 4.